The Morgan fingerprint density at radius 2 is 1.98 bits per heavy atom. The van der Waals surface area contributed by atoms with Gasteiger partial charge in [0.15, 0.2) is 0 Å². The summed E-state index contributed by atoms with van der Waals surface area (Å²) in [7, 11) is -0.523. The number of carbonyl (C=O) groups is 2. The molecule has 41 heavy (non-hydrogen) atoms. The smallest absolute Gasteiger partial charge is 0.308 e. The fourth-order valence-corrected chi connectivity index (χ4v) is 7.60. The number of methoxy groups -OCH3 is 1. The number of likely N-dealkylation sites (N-methyl/N-ethyl adjacent to an activating group) is 1. The average Bonchev–Trinajstić information content (AvgIpc) is 3.81. The number of sulfonamides is 1. The molecule has 0 aromatic heterocycles. The second-order valence-electron chi connectivity index (χ2n) is 11.1. The number of rotatable bonds is 13. The Labute approximate surface area is 255 Å². The van der Waals surface area contributed by atoms with Crippen molar-refractivity contribution in [1.29, 1.82) is 0 Å². The molecule has 2 fully saturated rings. The summed E-state index contributed by atoms with van der Waals surface area (Å²) >= 11 is 12.7. The second kappa shape index (κ2) is 14.4. The number of piperidine rings is 1. The Morgan fingerprint density at radius 1 is 1.29 bits per heavy atom. The van der Waals surface area contributed by atoms with Gasteiger partial charge in [0, 0.05) is 41.5 Å². The molecule has 1 heterocycles. The van der Waals surface area contributed by atoms with E-state index in [2.05, 4.69) is 6.58 Å². The number of benzene rings is 1. The minimum Gasteiger partial charge on any atom is -0.469 e. The van der Waals surface area contributed by atoms with Gasteiger partial charge in [-0.15, -0.1) is 0 Å². The predicted molar refractivity (Wildman–Crippen MR) is 165 cm³/mol. The molecule has 1 aliphatic carbocycles. The molecule has 1 aromatic carbocycles. The minimum absolute atomic E-state index is 0.125. The SMILES string of the molecule is C=C(/C=C\C(Cl)=C/C)[C@@H]1[C@@H](c2cccc(Cl)c2)C[C@@H](CC(C)C(=O)OC)C(=O)N1C(CC)CN(C)S(=O)(=O)C1CC1. The highest BCUT2D eigenvalue weighted by atomic mass is 35.5. The molecule has 2 aliphatic rings. The number of likely N-dealkylation sites (tertiary alicyclic amines) is 1. The number of hydrogen-bond donors (Lipinski definition) is 0. The van der Waals surface area contributed by atoms with Crippen molar-refractivity contribution in [1.82, 2.24) is 9.21 Å². The minimum atomic E-state index is -3.45. The normalized spacial score (nSPS) is 23.6. The summed E-state index contributed by atoms with van der Waals surface area (Å²) in [6.45, 7) is 10.1. The molecule has 1 aromatic rings. The molecule has 7 nitrogen and oxygen atoms in total. The summed E-state index contributed by atoms with van der Waals surface area (Å²) in [5, 5.41) is 0.752. The van der Waals surface area contributed by atoms with E-state index < -0.39 is 33.9 Å². The van der Waals surface area contributed by atoms with Crippen LogP contribution in [0.25, 0.3) is 0 Å². The van der Waals surface area contributed by atoms with E-state index in [9.17, 15) is 18.0 Å². The summed E-state index contributed by atoms with van der Waals surface area (Å²) in [5.74, 6) is -1.68. The third-order valence-corrected chi connectivity index (χ3v) is 11.1. The molecule has 226 valence electrons. The fraction of sp³-hybridized carbons (Fsp3) is 0.548. The Balaban J connectivity index is 2.13. The largest absolute Gasteiger partial charge is 0.469 e. The Morgan fingerprint density at radius 3 is 2.54 bits per heavy atom. The Hall–Kier alpha value is -2.13. The lowest BCUT2D eigenvalue weighted by Gasteiger charge is -2.49. The maximum Gasteiger partial charge on any atom is 0.308 e. The molecule has 0 spiro atoms. The van der Waals surface area contributed by atoms with Gasteiger partial charge in [-0.25, -0.2) is 12.7 Å². The number of nitrogens with zero attached hydrogens (tertiary/aromatic N) is 2. The van der Waals surface area contributed by atoms with E-state index in [1.54, 1.807) is 32.2 Å². The molecule has 1 aliphatic heterocycles. The van der Waals surface area contributed by atoms with E-state index in [1.807, 2.05) is 43.0 Å². The van der Waals surface area contributed by atoms with Crippen LogP contribution in [0.3, 0.4) is 0 Å². The Kier molecular flexibility index (Phi) is 11.7. The van der Waals surface area contributed by atoms with Crippen molar-refractivity contribution in [2.75, 3.05) is 20.7 Å². The van der Waals surface area contributed by atoms with Crippen molar-refractivity contribution in [3.63, 3.8) is 0 Å². The van der Waals surface area contributed by atoms with Crippen LogP contribution in [-0.4, -0.2) is 67.5 Å². The van der Waals surface area contributed by atoms with Gasteiger partial charge < -0.3 is 9.64 Å². The maximum absolute atomic E-state index is 14.4. The highest BCUT2D eigenvalue weighted by Crippen LogP contribution is 2.43. The molecule has 5 atom stereocenters. The predicted octanol–water partition coefficient (Wildman–Crippen LogP) is 6.30. The summed E-state index contributed by atoms with van der Waals surface area (Å²) in [5.41, 5.74) is 1.62. The summed E-state index contributed by atoms with van der Waals surface area (Å²) in [4.78, 5) is 28.6. The zero-order chi connectivity index (χ0) is 30.5. The second-order valence-corrected chi connectivity index (χ2v) is 14.3. The number of hydrogen-bond acceptors (Lipinski definition) is 5. The van der Waals surface area contributed by atoms with Gasteiger partial charge in [-0.2, -0.15) is 0 Å². The van der Waals surface area contributed by atoms with Gasteiger partial charge in [0.25, 0.3) is 0 Å². The van der Waals surface area contributed by atoms with Crippen molar-refractivity contribution in [2.24, 2.45) is 11.8 Å². The number of halogens is 2. The van der Waals surface area contributed by atoms with E-state index >= 15 is 0 Å². The molecular formula is C31H42Cl2N2O5S. The van der Waals surface area contributed by atoms with Gasteiger partial charge in [-0.3, -0.25) is 9.59 Å². The summed E-state index contributed by atoms with van der Waals surface area (Å²) in [6.07, 6.45) is 7.96. The van der Waals surface area contributed by atoms with Gasteiger partial charge >= 0.3 is 5.97 Å². The van der Waals surface area contributed by atoms with Crippen molar-refractivity contribution >= 4 is 45.1 Å². The van der Waals surface area contributed by atoms with Crippen LogP contribution in [0.15, 0.2) is 59.7 Å². The van der Waals surface area contributed by atoms with Crippen LogP contribution in [0.2, 0.25) is 5.02 Å². The van der Waals surface area contributed by atoms with E-state index in [4.69, 9.17) is 27.9 Å². The number of ether oxygens (including phenoxy) is 1. The Bertz CT molecular complexity index is 1290. The molecule has 1 amide bonds. The van der Waals surface area contributed by atoms with Crippen molar-refractivity contribution in [2.45, 2.75) is 76.1 Å². The lowest BCUT2D eigenvalue weighted by molar-refractivity contribution is -0.149. The summed E-state index contributed by atoms with van der Waals surface area (Å²) in [6, 6.07) is 6.66. The third kappa shape index (κ3) is 8.04. The number of allylic oxidation sites excluding steroid dienone is 3. The maximum atomic E-state index is 14.4. The zero-order valence-electron chi connectivity index (χ0n) is 24.6. The van der Waals surface area contributed by atoms with Gasteiger partial charge in [0.1, 0.15) is 0 Å². The van der Waals surface area contributed by atoms with Crippen LogP contribution in [0, 0.1) is 11.8 Å². The highest BCUT2D eigenvalue weighted by molar-refractivity contribution is 7.90. The topological polar surface area (TPSA) is 84.0 Å². The quantitative estimate of drug-likeness (QED) is 0.190. The molecule has 1 saturated carbocycles. The molecule has 10 heteroatoms. The van der Waals surface area contributed by atoms with Gasteiger partial charge in [0.05, 0.1) is 24.3 Å². The van der Waals surface area contributed by atoms with E-state index in [-0.39, 0.29) is 29.6 Å². The molecule has 2 unspecified atom stereocenters. The lowest BCUT2D eigenvalue weighted by atomic mass is 9.73. The van der Waals surface area contributed by atoms with Crippen molar-refractivity contribution in [3.05, 3.63) is 70.3 Å². The lowest BCUT2D eigenvalue weighted by Crippen LogP contribution is -2.59. The van der Waals surface area contributed by atoms with Crippen LogP contribution in [0.4, 0.5) is 0 Å². The van der Waals surface area contributed by atoms with Crippen molar-refractivity contribution < 1.29 is 22.7 Å². The van der Waals surface area contributed by atoms with Crippen LogP contribution in [-0.2, 0) is 24.3 Å². The van der Waals surface area contributed by atoms with Crippen LogP contribution in [0.1, 0.15) is 64.4 Å². The first-order valence-electron chi connectivity index (χ1n) is 14.1. The van der Waals surface area contributed by atoms with Crippen LogP contribution < -0.4 is 0 Å². The van der Waals surface area contributed by atoms with E-state index in [0.29, 0.717) is 47.7 Å². The molecule has 0 radical (unpaired) electrons. The average molecular weight is 626 g/mol. The van der Waals surface area contributed by atoms with Gasteiger partial charge in [-0.1, -0.05) is 67.9 Å². The third-order valence-electron chi connectivity index (χ3n) is 8.17. The molecule has 0 bridgehead atoms. The van der Waals surface area contributed by atoms with Gasteiger partial charge in [-0.05, 0) is 68.4 Å². The van der Waals surface area contributed by atoms with E-state index in [0.717, 1.165) is 5.56 Å². The molecular weight excluding hydrogens is 583 g/mol. The zero-order valence-corrected chi connectivity index (χ0v) is 26.9. The molecule has 1 saturated heterocycles. The first-order chi connectivity index (χ1) is 19.3. The van der Waals surface area contributed by atoms with Crippen LogP contribution >= 0.6 is 23.2 Å². The van der Waals surface area contributed by atoms with Crippen LogP contribution in [0.5, 0.6) is 0 Å². The number of carbonyl (C=O) groups excluding carboxylic acids is 2. The first-order valence-corrected chi connectivity index (χ1v) is 16.4. The fourth-order valence-electron chi connectivity index (χ4n) is 5.72. The highest BCUT2D eigenvalue weighted by Gasteiger charge is 2.47. The molecule has 0 N–H and O–H groups in total. The standard InChI is InChI=1S/C31H42Cl2N2O5S/c1-7-24(32)13-12-20(3)29-28(22-10-9-11-25(33)17-22)18-23(16-21(4)31(37)40-6)30(36)35(29)26(8-2)19-34(5)41(38,39)27-14-15-27/h7,9-13,17,21,23,26-29H,3,8,14-16,18-19H2,1-2,4-6H3/b13-12-,24-7+/t21?,23-,26?,28-,29-/m1/s1. The monoisotopic (exact) mass is 624 g/mol. The van der Waals surface area contributed by atoms with Crippen molar-refractivity contribution in [3.8, 4) is 0 Å². The molecule has 3 rings (SSSR count). The van der Waals surface area contributed by atoms with E-state index in [1.165, 1.54) is 11.4 Å². The summed E-state index contributed by atoms with van der Waals surface area (Å²) < 4.78 is 32.5. The van der Waals surface area contributed by atoms with Gasteiger partial charge in [0.2, 0.25) is 15.9 Å². The first kappa shape index (κ1) is 33.4. The number of amides is 1. The number of esters is 1.